The third-order valence-corrected chi connectivity index (χ3v) is 12.3. The van der Waals surface area contributed by atoms with Crippen molar-refractivity contribution in [2.45, 2.75) is 68.7 Å². The van der Waals surface area contributed by atoms with Crippen LogP contribution in [0.5, 0.6) is 5.75 Å². The van der Waals surface area contributed by atoms with Gasteiger partial charge in [-0.05, 0) is 49.4 Å². The summed E-state index contributed by atoms with van der Waals surface area (Å²) in [6.07, 6.45) is 3.96. The highest BCUT2D eigenvalue weighted by Crippen LogP contribution is 2.79. The van der Waals surface area contributed by atoms with Crippen LogP contribution >= 0.6 is 0 Å². The smallest absolute Gasteiger partial charge is 0.338 e. The van der Waals surface area contributed by atoms with Gasteiger partial charge in [0.05, 0.1) is 43.6 Å². The first-order valence-corrected chi connectivity index (χ1v) is 15.4. The zero-order valence-electron chi connectivity index (χ0n) is 25.8. The van der Waals surface area contributed by atoms with E-state index in [0.717, 1.165) is 19.3 Å². The predicted octanol–water partition coefficient (Wildman–Crippen LogP) is 3.35. The molecule has 1 heterocycles. The molecule has 0 aromatic heterocycles. The number of carbonyl (C=O) groups excluding carboxylic acids is 2. The lowest BCUT2D eigenvalue weighted by atomic mass is 9.44. The van der Waals surface area contributed by atoms with Gasteiger partial charge in [-0.2, -0.15) is 0 Å². The zero-order valence-corrected chi connectivity index (χ0v) is 25.8. The molecule has 6 aliphatic rings. The lowest BCUT2D eigenvalue weighted by molar-refractivity contribution is -0.244. The number of hydrogen-bond donors (Lipinski definition) is 0. The van der Waals surface area contributed by atoms with E-state index in [4.69, 9.17) is 38.2 Å². The van der Waals surface area contributed by atoms with Gasteiger partial charge in [0.1, 0.15) is 17.5 Å². The highest BCUT2D eigenvalue weighted by molar-refractivity contribution is 5.89. The quantitative estimate of drug-likeness (QED) is 0.396. The van der Waals surface area contributed by atoms with Crippen LogP contribution in [0, 0.1) is 40.4 Å². The van der Waals surface area contributed by atoms with E-state index in [1.807, 2.05) is 0 Å². The number of carbonyl (C=O) groups is 2. The summed E-state index contributed by atoms with van der Waals surface area (Å²) in [5.41, 5.74) is -1.29. The molecule has 1 aromatic rings. The van der Waals surface area contributed by atoms with Crippen LogP contribution in [0.15, 0.2) is 29.3 Å². The molecule has 10 heteroatoms. The number of methoxy groups -OCH3 is 5. The lowest BCUT2D eigenvalue weighted by Gasteiger charge is -2.64. The summed E-state index contributed by atoms with van der Waals surface area (Å²) in [7, 11) is 8.58. The van der Waals surface area contributed by atoms with Crippen LogP contribution in [0.2, 0.25) is 0 Å². The van der Waals surface area contributed by atoms with Gasteiger partial charge < -0.3 is 33.2 Å². The number of esters is 2. The number of nitrogens with zero attached hydrogens (tertiary/aromatic N) is 1. The Balaban J connectivity index is 1.41. The molecule has 43 heavy (non-hydrogen) atoms. The summed E-state index contributed by atoms with van der Waals surface area (Å²) in [6, 6.07) is 6.76. The average Bonchev–Trinajstić information content (AvgIpc) is 3.40. The highest BCUT2D eigenvalue weighted by atomic mass is 16.6. The van der Waals surface area contributed by atoms with Crippen LogP contribution in [0.25, 0.3) is 0 Å². The largest absolute Gasteiger partial charge is 0.497 e. The molecule has 234 valence electrons. The number of rotatable bonds is 9. The summed E-state index contributed by atoms with van der Waals surface area (Å²) in [6.45, 7) is 1.99. The third-order valence-electron chi connectivity index (χ3n) is 12.3. The summed E-state index contributed by atoms with van der Waals surface area (Å²) < 4.78 is 43.3. The lowest BCUT2D eigenvalue weighted by Crippen LogP contribution is -2.71. The molecule has 5 aliphatic carbocycles. The van der Waals surface area contributed by atoms with Crippen molar-refractivity contribution in [1.82, 2.24) is 0 Å². The van der Waals surface area contributed by atoms with Gasteiger partial charge in [-0.25, -0.2) is 4.79 Å². The fourth-order valence-corrected chi connectivity index (χ4v) is 11.4. The molecule has 0 unspecified atom stereocenters. The molecule has 5 fully saturated rings. The Bertz CT molecular complexity index is 1300. The minimum Gasteiger partial charge on any atom is -0.497 e. The summed E-state index contributed by atoms with van der Waals surface area (Å²) >= 11 is 0. The van der Waals surface area contributed by atoms with E-state index in [-0.39, 0.29) is 65.3 Å². The van der Waals surface area contributed by atoms with Gasteiger partial charge in [0.15, 0.2) is 0 Å². The molecule has 0 radical (unpaired) electrons. The van der Waals surface area contributed by atoms with E-state index in [0.29, 0.717) is 24.3 Å². The average molecular weight is 598 g/mol. The van der Waals surface area contributed by atoms with Crippen molar-refractivity contribution in [2.75, 3.05) is 42.2 Å². The maximum Gasteiger partial charge on any atom is 0.338 e. The fourth-order valence-electron chi connectivity index (χ4n) is 11.4. The SMILES string of the molecule is COC[C@]12C=N[C@@H]3[C@@H]4[C@H](OC)[C@H]1[C@@]3([C@@H](OC)CC2)[C@@H]1C[C@H]2[C@H](OC(=O)c3ccc(OC)cc3)[C@@H]1[C@]4(OC(C)=O)C[C@@H]2OC. The predicted molar refractivity (Wildman–Crippen MR) is 154 cm³/mol. The first kappa shape index (κ1) is 29.2. The van der Waals surface area contributed by atoms with Crippen LogP contribution in [-0.4, -0.2) is 96.4 Å². The molecule has 1 aromatic carbocycles. The maximum absolute atomic E-state index is 13.7. The minimum absolute atomic E-state index is 0.00371. The summed E-state index contributed by atoms with van der Waals surface area (Å²) in [5, 5.41) is 0. The Labute approximate surface area is 252 Å². The second kappa shape index (κ2) is 10.3. The molecule has 1 aliphatic heterocycles. The van der Waals surface area contributed by atoms with E-state index >= 15 is 0 Å². The van der Waals surface area contributed by atoms with Crippen LogP contribution in [0.1, 0.15) is 43.0 Å². The maximum atomic E-state index is 13.7. The monoisotopic (exact) mass is 597 g/mol. The van der Waals surface area contributed by atoms with E-state index in [1.54, 1.807) is 59.8 Å². The Morgan fingerprint density at radius 2 is 1.74 bits per heavy atom. The van der Waals surface area contributed by atoms with Crippen molar-refractivity contribution in [3.05, 3.63) is 29.8 Å². The van der Waals surface area contributed by atoms with Crippen molar-refractivity contribution in [3.63, 3.8) is 0 Å². The number of fused-ring (bicyclic) bond motifs is 2. The first-order valence-electron chi connectivity index (χ1n) is 15.4. The second-order valence-corrected chi connectivity index (χ2v) is 13.5. The Hall–Kier alpha value is -2.53. The second-order valence-electron chi connectivity index (χ2n) is 13.5. The molecule has 1 spiro atoms. The van der Waals surface area contributed by atoms with E-state index in [9.17, 15) is 9.59 Å². The van der Waals surface area contributed by atoms with Gasteiger partial charge >= 0.3 is 11.9 Å². The molecule has 5 saturated carbocycles. The number of hydrogen-bond acceptors (Lipinski definition) is 10. The molecule has 7 bridgehead atoms. The normalized spacial score (nSPS) is 46.4. The topological polar surface area (TPSA) is 111 Å². The molecular formula is C33H43NO9. The summed E-state index contributed by atoms with van der Waals surface area (Å²) in [5.74, 6) is -0.680. The van der Waals surface area contributed by atoms with E-state index < -0.39 is 23.1 Å². The van der Waals surface area contributed by atoms with Gasteiger partial charge in [0, 0.05) is 82.5 Å². The number of ether oxygens (including phenoxy) is 7. The number of aliphatic imine (C=N–C) groups is 1. The van der Waals surface area contributed by atoms with Gasteiger partial charge in [0.2, 0.25) is 0 Å². The van der Waals surface area contributed by atoms with Crippen molar-refractivity contribution in [2.24, 2.45) is 45.4 Å². The molecule has 0 N–H and O–H groups in total. The fraction of sp³-hybridized carbons (Fsp3) is 0.727. The molecule has 7 rings (SSSR count). The summed E-state index contributed by atoms with van der Waals surface area (Å²) in [4.78, 5) is 32.1. The molecule has 0 saturated heterocycles. The molecule has 13 atom stereocenters. The highest BCUT2D eigenvalue weighted by Gasteiger charge is 2.87. The van der Waals surface area contributed by atoms with Crippen LogP contribution < -0.4 is 4.74 Å². The minimum atomic E-state index is -0.998. The Kier molecular flexibility index (Phi) is 6.96. The molecule has 10 nitrogen and oxygen atoms in total. The first-order chi connectivity index (χ1) is 20.8. The van der Waals surface area contributed by atoms with Gasteiger partial charge in [-0.15, -0.1) is 0 Å². The Morgan fingerprint density at radius 3 is 2.37 bits per heavy atom. The van der Waals surface area contributed by atoms with Crippen molar-refractivity contribution in [1.29, 1.82) is 0 Å². The van der Waals surface area contributed by atoms with Crippen LogP contribution in [0.4, 0.5) is 0 Å². The van der Waals surface area contributed by atoms with Crippen LogP contribution in [-0.2, 0) is 33.2 Å². The zero-order chi connectivity index (χ0) is 30.3. The van der Waals surface area contributed by atoms with Crippen LogP contribution in [0.3, 0.4) is 0 Å². The van der Waals surface area contributed by atoms with Crippen molar-refractivity contribution < 1.29 is 42.7 Å². The van der Waals surface area contributed by atoms with E-state index in [1.165, 1.54) is 6.92 Å². The Morgan fingerprint density at radius 1 is 0.977 bits per heavy atom. The number of benzene rings is 1. The van der Waals surface area contributed by atoms with Gasteiger partial charge in [-0.1, -0.05) is 0 Å². The van der Waals surface area contributed by atoms with Gasteiger partial charge in [-0.3, -0.25) is 9.79 Å². The van der Waals surface area contributed by atoms with Crippen molar-refractivity contribution >= 4 is 18.2 Å². The third kappa shape index (κ3) is 3.64. The van der Waals surface area contributed by atoms with E-state index in [2.05, 4.69) is 6.21 Å². The molecular weight excluding hydrogens is 554 g/mol. The van der Waals surface area contributed by atoms with Crippen molar-refractivity contribution in [3.8, 4) is 5.75 Å². The standard InChI is InChI=1S/C33H43NO9/c1-17(35)43-32-14-22(39-4)20-13-21(24(32)26(20)42-30(36)18-7-9-19(38-3)10-8-18)33-23(40-5)11-12-31(16-37-2)15-34-29(33)25(32)27(41-6)28(31)33/h7-10,15,20-29H,11-14,16H2,1-6H3/t20-,21-,22+,23+,24-,25+,26+,27+,28-,29-,31+,32-,33+/m1/s1. The molecule has 0 amide bonds. The van der Waals surface area contributed by atoms with Gasteiger partial charge in [0.25, 0.3) is 0 Å².